The molecule has 0 saturated heterocycles. The molecule has 1 unspecified atom stereocenters. The molecule has 0 bridgehead atoms. The van der Waals surface area contributed by atoms with Gasteiger partial charge in [0.25, 0.3) is 0 Å². The zero-order valence-corrected chi connectivity index (χ0v) is 16.1. The molecule has 0 N–H and O–H groups in total. The predicted molar refractivity (Wildman–Crippen MR) is 101 cm³/mol. The molecule has 0 aliphatic heterocycles. The SMILES string of the molecule is CC(c1ccco1)N(C)C(=O)Cc1csc(COc2ccc(Cl)cc2)n1. The number of carbonyl (C=O) groups is 1. The number of thiazole rings is 1. The molecule has 0 fully saturated rings. The lowest BCUT2D eigenvalue weighted by Gasteiger charge is -2.23. The quantitative estimate of drug-likeness (QED) is 0.585. The highest BCUT2D eigenvalue weighted by Crippen LogP contribution is 2.21. The number of hydrogen-bond donors (Lipinski definition) is 0. The molecule has 3 rings (SSSR count). The van der Waals surface area contributed by atoms with Crippen molar-refractivity contribution in [2.24, 2.45) is 0 Å². The Morgan fingerprint density at radius 2 is 2.12 bits per heavy atom. The van der Waals surface area contributed by atoms with Crippen molar-refractivity contribution < 1.29 is 13.9 Å². The van der Waals surface area contributed by atoms with Crippen LogP contribution in [-0.2, 0) is 17.8 Å². The number of carbonyl (C=O) groups excluding carboxylic acids is 1. The molecule has 1 aromatic carbocycles. The van der Waals surface area contributed by atoms with Crippen LogP contribution in [0.1, 0.15) is 29.4 Å². The van der Waals surface area contributed by atoms with Gasteiger partial charge in [0.05, 0.1) is 24.4 Å². The summed E-state index contributed by atoms with van der Waals surface area (Å²) in [6.45, 7) is 2.29. The van der Waals surface area contributed by atoms with E-state index in [1.54, 1.807) is 30.3 Å². The second kappa shape index (κ2) is 8.38. The van der Waals surface area contributed by atoms with Crippen molar-refractivity contribution in [3.8, 4) is 5.75 Å². The van der Waals surface area contributed by atoms with Crippen LogP contribution in [0, 0.1) is 0 Å². The molecule has 3 aromatic rings. The van der Waals surface area contributed by atoms with Gasteiger partial charge >= 0.3 is 0 Å². The first kappa shape index (κ1) is 18.5. The standard InChI is InChI=1S/C19H19ClN2O3S/c1-13(17-4-3-9-24-17)22(2)19(23)10-15-12-26-18(21-15)11-25-16-7-5-14(20)6-8-16/h3-9,12-13H,10-11H2,1-2H3. The van der Waals surface area contributed by atoms with Crippen molar-refractivity contribution in [2.45, 2.75) is 26.0 Å². The van der Waals surface area contributed by atoms with Crippen LogP contribution < -0.4 is 4.74 Å². The number of rotatable bonds is 7. The number of ether oxygens (including phenoxy) is 1. The Hall–Kier alpha value is -2.31. The van der Waals surface area contributed by atoms with E-state index in [9.17, 15) is 4.79 Å². The number of aromatic nitrogens is 1. The van der Waals surface area contributed by atoms with Gasteiger partial charge in [-0.25, -0.2) is 4.98 Å². The van der Waals surface area contributed by atoms with Gasteiger partial charge in [-0.3, -0.25) is 4.79 Å². The van der Waals surface area contributed by atoms with Crippen molar-refractivity contribution in [1.29, 1.82) is 0 Å². The molecule has 1 amide bonds. The molecule has 2 heterocycles. The number of hydrogen-bond acceptors (Lipinski definition) is 5. The van der Waals surface area contributed by atoms with Gasteiger partial charge in [0.15, 0.2) is 0 Å². The van der Waals surface area contributed by atoms with Gasteiger partial charge in [-0.15, -0.1) is 11.3 Å². The van der Waals surface area contributed by atoms with Gasteiger partial charge in [-0.2, -0.15) is 0 Å². The van der Waals surface area contributed by atoms with Crippen LogP contribution in [0.25, 0.3) is 0 Å². The van der Waals surface area contributed by atoms with E-state index in [1.165, 1.54) is 11.3 Å². The van der Waals surface area contributed by atoms with Gasteiger partial charge in [0.2, 0.25) is 5.91 Å². The maximum absolute atomic E-state index is 12.5. The fraction of sp³-hybridized carbons (Fsp3) is 0.263. The second-order valence-corrected chi connectivity index (χ2v) is 7.23. The number of halogens is 1. The summed E-state index contributed by atoms with van der Waals surface area (Å²) in [6, 6.07) is 10.7. The predicted octanol–water partition coefficient (Wildman–Crippen LogP) is 4.73. The van der Waals surface area contributed by atoms with E-state index in [2.05, 4.69) is 4.98 Å². The minimum absolute atomic E-state index is 0.00984. The van der Waals surface area contributed by atoms with E-state index in [0.717, 1.165) is 22.2 Å². The molecule has 0 aliphatic carbocycles. The summed E-state index contributed by atoms with van der Waals surface area (Å²) in [7, 11) is 1.77. The smallest absolute Gasteiger partial charge is 0.228 e. The summed E-state index contributed by atoms with van der Waals surface area (Å²) < 4.78 is 11.1. The maximum Gasteiger partial charge on any atom is 0.228 e. The van der Waals surface area contributed by atoms with Gasteiger partial charge < -0.3 is 14.1 Å². The molecular weight excluding hydrogens is 372 g/mol. The number of likely N-dealkylation sites (N-methyl/N-ethyl adjacent to an activating group) is 1. The van der Waals surface area contributed by atoms with Gasteiger partial charge in [0.1, 0.15) is 23.1 Å². The van der Waals surface area contributed by atoms with E-state index in [1.807, 2.05) is 36.6 Å². The summed E-state index contributed by atoms with van der Waals surface area (Å²) in [4.78, 5) is 18.6. The summed E-state index contributed by atoms with van der Waals surface area (Å²) in [6.07, 6.45) is 1.86. The van der Waals surface area contributed by atoms with E-state index in [-0.39, 0.29) is 18.4 Å². The van der Waals surface area contributed by atoms with Crippen LogP contribution in [0.2, 0.25) is 5.02 Å². The first-order valence-electron chi connectivity index (χ1n) is 8.13. The van der Waals surface area contributed by atoms with Gasteiger partial charge in [0, 0.05) is 17.5 Å². The Morgan fingerprint density at radius 3 is 2.81 bits per heavy atom. The van der Waals surface area contributed by atoms with Gasteiger partial charge in [-0.1, -0.05) is 11.6 Å². The monoisotopic (exact) mass is 390 g/mol. The largest absolute Gasteiger partial charge is 0.486 e. The van der Waals surface area contributed by atoms with Crippen LogP contribution in [0.15, 0.2) is 52.5 Å². The molecule has 2 aromatic heterocycles. The van der Waals surface area contributed by atoms with E-state index in [0.29, 0.717) is 11.6 Å². The second-order valence-electron chi connectivity index (χ2n) is 5.85. The topological polar surface area (TPSA) is 55.6 Å². The van der Waals surface area contributed by atoms with E-state index in [4.69, 9.17) is 20.8 Å². The highest BCUT2D eigenvalue weighted by Gasteiger charge is 2.20. The Morgan fingerprint density at radius 1 is 1.35 bits per heavy atom. The molecule has 26 heavy (non-hydrogen) atoms. The average Bonchev–Trinajstić information content (AvgIpc) is 3.32. The van der Waals surface area contributed by atoms with Crippen molar-refractivity contribution in [1.82, 2.24) is 9.88 Å². The van der Waals surface area contributed by atoms with Crippen molar-refractivity contribution in [3.05, 3.63) is 69.5 Å². The minimum Gasteiger partial charge on any atom is -0.486 e. The molecule has 1 atom stereocenters. The lowest BCUT2D eigenvalue weighted by molar-refractivity contribution is -0.131. The zero-order chi connectivity index (χ0) is 18.5. The number of amides is 1. The third-order valence-corrected chi connectivity index (χ3v) is 5.16. The summed E-state index contributed by atoms with van der Waals surface area (Å²) in [5.74, 6) is 1.48. The molecular formula is C19H19ClN2O3S. The lowest BCUT2D eigenvalue weighted by Crippen LogP contribution is -2.30. The Bertz CT molecular complexity index is 846. The van der Waals surface area contributed by atoms with Gasteiger partial charge in [-0.05, 0) is 43.3 Å². The molecule has 0 saturated carbocycles. The Labute approximate surface area is 161 Å². The van der Waals surface area contributed by atoms with E-state index >= 15 is 0 Å². The highest BCUT2D eigenvalue weighted by atomic mass is 35.5. The number of furan rings is 1. The summed E-state index contributed by atoms with van der Waals surface area (Å²) in [5.41, 5.74) is 0.744. The lowest BCUT2D eigenvalue weighted by atomic mass is 10.2. The summed E-state index contributed by atoms with van der Waals surface area (Å²) in [5, 5.41) is 3.38. The van der Waals surface area contributed by atoms with Crippen LogP contribution >= 0.6 is 22.9 Å². The fourth-order valence-corrected chi connectivity index (χ4v) is 3.22. The number of benzene rings is 1. The molecule has 7 heteroatoms. The first-order valence-corrected chi connectivity index (χ1v) is 9.39. The number of nitrogens with zero attached hydrogens (tertiary/aromatic N) is 2. The normalized spacial score (nSPS) is 12.0. The zero-order valence-electron chi connectivity index (χ0n) is 14.5. The fourth-order valence-electron chi connectivity index (χ4n) is 2.39. The summed E-state index contributed by atoms with van der Waals surface area (Å²) >= 11 is 7.33. The molecule has 0 spiro atoms. The van der Waals surface area contributed by atoms with Crippen LogP contribution in [0.3, 0.4) is 0 Å². The first-order chi connectivity index (χ1) is 12.5. The average molecular weight is 391 g/mol. The third kappa shape index (κ3) is 4.65. The molecule has 0 radical (unpaired) electrons. The maximum atomic E-state index is 12.5. The Kier molecular flexibility index (Phi) is 5.96. The minimum atomic E-state index is -0.121. The third-order valence-electron chi connectivity index (χ3n) is 4.04. The van der Waals surface area contributed by atoms with Crippen LogP contribution in [-0.4, -0.2) is 22.8 Å². The van der Waals surface area contributed by atoms with Crippen molar-refractivity contribution in [2.75, 3.05) is 7.05 Å². The van der Waals surface area contributed by atoms with Crippen molar-refractivity contribution >= 4 is 28.8 Å². The van der Waals surface area contributed by atoms with E-state index < -0.39 is 0 Å². The molecule has 136 valence electrons. The van der Waals surface area contributed by atoms with Crippen LogP contribution in [0.4, 0.5) is 0 Å². The van der Waals surface area contributed by atoms with Crippen molar-refractivity contribution in [3.63, 3.8) is 0 Å². The van der Waals surface area contributed by atoms with Crippen LogP contribution in [0.5, 0.6) is 5.75 Å². The molecule has 0 aliphatic rings. The highest BCUT2D eigenvalue weighted by molar-refractivity contribution is 7.09. The Balaban J connectivity index is 1.54. The molecule has 5 nitrogen and oxygen atoms in total.